The van der Waals surface area contributed by atoms with Crippen molar-refractivity contribution in [1.82, 2.24) is 4.57 Å². The molecule has 0 aliphatic rings. The van der Waals surface area contributed by atoms with Crippen molar-refractivity contribution in [2.24, 2.45) is 4.99 Å². The molecule has 0 saturated heterocycles. The van der Waals surface area contributed by atoms with Gasteiger partial charge in [0.1, 0.15) is 12.4 Å². The average molecular weight is 379 g/mol. The molecule has 0 saturated carbocycles. The summed E-state index contributed by atoms with van der Waals surface area (Å²) in [5.74, 6) is -1.66. The molecule has 0 bridgehead atoms. The summed E-state index contributed by atoms with van der Waals surface area (Å²) < 4.78 is 20.8. The molecule has 1 aromatic heterocycles. The van der Waals surface area contributed by atoms with Gasteiger partial charge in [-0.25, -0.2) is 4.39 Å². The highest BCUT2D eigenvalue weighted by Crippen LogP contribution is 2.21. The summed E-state index contributed by atoms with van der Waals surface area (Å²) in [6.45, 7) is -0.258. The number of carbonyl (C=O) groups excluding carboxylic acids is 2. The van der Waals surface area contributed by atoms with E-state index in [-0.39, 0.29) is 27.4 Å². The van der Waals surface area contributed by atoms with Crippen LogP contribution in [0.25, 0.3) is 10.2 Å². The predicted octanol–water partition coefficient (Wildman–Crippen LogP) is 3.41. The van der Waals surface area contributed by atoms with Crippen LogP contribution in [0, 0.1) is 5.82 Å². The molecule has 0 aliphatic carbocycles. The Kier molecular flexibility index (Phi) is 4.96. The summed E-state index contributed by atoms with van der Waals surface area (Å²) >= 11 is 7.12. The number of carbonyl (C=O) groups is 2. The minimum Gasteiger partial charge on any atom is -0.468 e. The summed E-state index contributed by atoms with van der Waals surface area (Å²) in [5.41, 5.74) is 0.426. The monoisotopic (exact) mass is 378 g/mol. The zero-order valence-electron chi connectivity index (χ0n) is 13.0. The Hall–Kier alpha value is -2.51. The van der Waals surface area contributed by atoms with Crippen LogP contribution in [0.4, 0.5) is 4.39 Å². The maximum Gasteiger partial charge on any atom is 0.325 e. The first kappa shape index (κ1) is 17.3. The van der Waals surface area contributed by atoms with E-state index in [1.807, 2.05) is 0 Å². The minimum absolute atomic E-state index is 0.190. The smallest absolute Gasteiger partial charge is 0.325 e. The third-order valence-corrected chi connectivity index (χ3v) is 4.84. The third-order valence-electron chi connectivity index (χ3n) is 3.47. The van der Waals surface area contributed by atoms with Crippen molar-refractivity contribution in [2.45, 2.75) is 6.54 Å². The van der Waals surface area contributed by atoms with Crippen molar-refractivity contribution in [1.29, 1.82) is 0 Å². The highest BCUT2D eigenvalue weighted by Gasteiger charge is 2.16. The fourth-order valence-electron chi connectivity index (χ4n) is 2.29. The Labute approximate surface area is 151 Å². The molecule has 0 radical (unpaired) electrons. The van der Waals surface area contributed by atoms with E-state index in [4.69, 9.17) is 11.6 Å². The van der Waals surface area contributed by atoms with E-state index < -0.39 is 17.7 Å². The molecule has 25 heavy (non-hydrogen) atoms. The van der Waals surface area contributed by atoms with E-state index in [2.05, 4.69) is 9.73 Å². The second kappa shape index (κ2) is 7.16. The van der Waals surface area contributed by atoms with Gasteiger partial charge in [0.2, 0.25) is 0 Å². The van der Waals surface area contributed by atoms with Gasteiger partial charge in [-0.15, -0.1) is 0 Å². The zero-order chi connectivity index (χ0) is 18.0. The molecule has 0 atom stereocenters. The highest BCUT2D eigenvalue weighted by molar-refractivity contribution is 7.16. The lowest BCUT2D eigenvalue weighted by Crippen LogP contribution is -2.22. The van der Waals surface area contributed by atoms with Gasteiger partial charge in [0.25, 0.3) is 5.91 Å². The Balaban J connectivity index is 2.19. The number of halogens is 2. The average Bonchev–Trinajstić information content (AvgIpc) is 2.93. The second-order valence-corrected chi connectivity index (χ2v) is 6.45. The van der Waals surface area contributed by atoms with E-state index in [0.717, 1.165) is 11.3 Å². The van der Waals surface area contributed by atoms with Crippen LogP contribution in [0.5, 0.6) is 0 Å². The summed E-state index contributed by atoms with van der Waals surface area (Å²) in [6, 6.07) is 11.0. The van der Waals surface area contributed by atoms with Crippen LogP contribution >= 0.6 is 22.9 Å². The van der Waals surface area contributed by atoms with E-state index in [1.165, 1.54) is 17.7 Å². The van der Waals surface area contributed by atoms with Crippen LogP contribution in [0.15, 0.2) is 47.5 Å². The number of hydrogen-bond donors (Lipinski definition) is 0. The topological polar surface area (TPSA) is 60.7 Å². The standard InChI is InChI=1S/C17H12ClFN2O3S/c1-24-14(22)9-21-15-12(19)7-4-8-13(15)25-17(21)20-16(23)10-5-2-3-6-11(10)18/h2-8H,9H2,1H3. The van der Waals surface area contributed by atoms with Gasteiger partial charge in [-0.3, -0.25) is 9.59 Å². The molecule has 3 aromatic rings. The minimum atomic E-state index is -0.574. The van der Waals surface area contributed by atoms with E-state index in [9.17, 15) is 14.0 Å². The number of aromatic nitrogens is 1. The van der Waals surface area contributed by atoms with Gasteiger partial charge in [-0.05, 0) is 24.3 Å². The van der Waals surface area contributed by atoms with Gasteiger partial charge in [0.05, 0.1) is 27.9 Å². The van der Waals surface area contributed by atoms with Crippen molar-refractivity contribution >= 4 is 45.0 Å². The van der Waals surface area contributed by atoms with Crippen LogP contribution in [0.3, 0.4) is 0 Å². The summed E-state index contributed by atoms with van der Waals surface area (Å²) in [5, 5.41) is 0.267. The molecular formula is C17H12ClFN2O3S. The Bertz CT molecular complexity index is 1040. The molecule has 2 aromatic carbocycles. The second-order valence-electron chi connectivity index (χ2n) is 5.03. The molecule has 5 nitrogen and oxygen atoms in total. The van der Waals surface area contributed by atoms with Crippen LogP contribution in [0.1, 0.15) is 10.4 Å². The lowest BCUT2D eigenvalue weighted by molar-refractivity contribution is -0.141. The first-order chi connectivity index (χ1) is 12.0. The molecule has 8 heteroatoms. The fourth-order valence-corrected chi connectivity index (χ4v) is 3.55. The molecule has 0 N–H and O–H groups in total. The molecule has 128 valence electrons. The largest absolute Gasteiger partial charge is 0.468 e. The number of ether oxygens (including phenoxy) is 1. The van der Waals surface area contributed by atoms with Crippen molar-refractivity contribution < 1.29 is 18.7 Å². The van der Waals surface area contributed by atoms with Crippen LogP contribution in [0.2, 0.25) is 5.02 Å². The van der Waals surface area contributed by atoms with Gasteiger partial charge in [0, 0.05) is 0 Å². The van der Waals surface area contributed by atoms with Crippen LogP contribution in [-0.4, -0.2) is 23.6 Å². The molecule has 0 spiro atoms. The molecule has 0 aliphatic heterocycles. The van der Waals surface area contributed by atoms with Gasteiger partial charge < -0.3 is 9.30 Å². The third kappa shape index (κ3) is 3.47. The normalized spacial score (nSPS) is 11.7. The lowest BCUT2D eigenvalue weighted by Gasteiger charge is -2.04. The zero-order valence-corrected chi connectivity index (χ0v) is 14.6. The van der Waals surface area contributed by atoms with Crippen molar-refractivity contribution in [3.05, 3.63) is 63.7 Å². The quantitative estimate of drug-likeness (QED) is 0.656. The van der Waals surface area contributed by atoms with Gasteiger partial charge >= 0.3 is 5.97 Å². The molecule has 3 rings (SSSR count). The van der Waals surface area contributed by atoms with Crippen LogP contribution < -0.4 is 4.80 Å². The number of rotatable bonds is 3. The van der Waals surface area contributed by atoms with E-state index in [0.29, 0.717) is 4.70 Å². The maximum atomic E-state index is 14.2. The number of hydrogen-bond acceptors (Lipinski definition) is 4. The molecular weight excluding hydrogens is 367 g/mol. The number of benzene rings is 2. The van der Waals surface area contributed by atoms with Crippen molar-refractivity contribution in [3.8, 4) is 0 Å². The number of fused-ring (bicyclic) bond motifs is 1. The van der Waals surface area contributed by atoms with Gasteiger partial charge in [-0.2, -0.15) is 4.99 Å². The molecule has 0 unspecified atom stereocenters. The van der Waals surface area contributed by atoms with Crippen molar-refractivity contribution in [3.63, 3.8) is 0 Å². The lowest BCUT2D eigenvalue weighted by atomic mass is 10.2. The van der Waals surface area contributed by atoms with E-state index >= 15 is 0 Å². The predicted molar refractivity (Wildman–Crippen MR) is 93.1 cm³/mol. The Morgan fingerprint density at radius 1 is 1.24 bits per heavy atom. The summed E-state index contributed by atoms with van der Waals surface area (Å²) in [4.78, 5) is 28.4. The SMILES string of the molecule is COC(=O)Cn1c(=NC(=O)c2ccccc2Cl)sc2cccc(F)c21. The Morgan fingerprint density at radius 2 is 2.00 bits per heavy atom. The van der Waals surface area contributed by atoms with Crippen molar-refractivity contribution in [2.75, 3.05) is 7.11 Å². The van der Waals surface area contributed by atoms with E-state index in [1.54, 1.807) is 36.4 Å². The highest BCUT2D eigenvalue weighted by atomic mass is 35.5. The molecule has 1 amide bonds. The number of methoxy groups -OCH3 is 1. The number of thiazole rings is 1. The first-order valence-corrected chi connectivity index (χ1v) is 8.39. The van der Waals surface area contributed by atoms with Crippen LogP contribution in [-0.2, 0) is 16.1 Å². The molecule has 1 heterocycles. The number of esters is 1. The maximum absolute atomic E-state index is 14.2. The number of nitrogens with zero attached hydrogens (tertiary/aromatic N) is 2. The van der Waals surface area contributed by atoms with Gasteiger partial charge in [0.15, 0.2) is 4.80 Å². The fraction of sp³-hybridized carbons (Fsp3) is 0.118. The molecule has 0 fully saturated rings. The van der Waals surface area contributed by atoms with Gasteiger partial charge in [-0.1, -0.05) is 41.1 Å². The summed E-state index contributed by atoms with van der Waals surface area (Å²) in [7, 11) is 1.24. The number of para-hydroxylation sites is 1. The number of amides is 1. The summed E-state index contributed by atoms with van der Waals surface area (Å²) in [6.07, 6.45) is 0. The first-order valence-electron chi connectivity index (χ1n) is 7.19. The Morgan fingerprint density at radius 3 is 2.72 bits per heavy atom.